The van der Waals surface area contributed by atoms with Gasteiger partial charge in [0.2, 0.25) is 0 Å². The van der Waals surface area contributed by atoms with E-state index in [9.17, 15) is 0 Å². The van der Waals surface area contributed by atoms with Gasteiger partial charge in [-0.2, -0.15) is 0 Å². The Balaban J connectivity index is 1.27. The summed E-state index contributed by atoms with van der Waals surface area (Å²) in [6.45, 7) is 4.83. The molecule has 1 saturated heterocycles. The fourth-order valence-corrected chi connectivity index (χ4v) is 5.47. The number of benzene rings is 2. The van der Waals surface area contributed by atoms with E-state index in [0.717, 1.165) is 38.0 Å². The number of nitrogen functional groups attached to an aromatic ring is 1. The Morgan fingerprint density at radius 3 is 2.54 bits per heavy atom. The maximum absolute atomic E-state index is 6.39. The highest BCUT2D eigenvalue weighted by Gasteiger charge is 2.23. The summed E-state index contributed by atoms with van der Waals surface area (Å²) in [6, 6.07) is 16.0. The minimum Gasteiger partial charge on any atom is -0.482 e. The number of nitrogens with two attached hydrogens (primary N) is 1. The highest BCUT2D eigenvalue weighted by atomic mass is 35.5. The summed E-state index contributed by atoms with van der Waals surface area (Å²) < 4.78 is 8.08. The number of aromatic nitrogens is 4. The van der Waals surface area contributed by atoms with Gasteiger partial charge in [0.05, 0.1) is 22.3 Å². The van der Waals surface area contributed by atoms with Gasteiger partial charge in [-0.25, -0.2) is 9.67 Å². The third-order valence-electron chi connectivity index (χ3n) is 6.66. The fraction of sp³-hybridized carbons (Fsp3) is 0.296. The van der Waals surface area contributed by atoms with E-state index in [1.54, 1.807) is 18.3 Å². The first-order chi connectivity index (χ1) is 17.9. The van der Waals surface area contributed by atoms with Crippen molar-refractivity contribution in [3.8, 4) is 17.0 Å². The molecule has 0 radical (unpaired) electrons. The molecule has 10 heteroatoms. The molecule has 2 aromatic heterocycles. The van der Waals surface area contributed by atoms with E-state index >= 15 is 0 Å². The SMILES string of the molecule is CC(Oc1cc(-c2cn(C3CCN(Cc4ccccc4)CC3)nn2)cnc1N)c1c(Cl)ccc(Cl)c1Cl. The van der Waals surface area contributed by atoms with E-state index in [4.69, 9.17) is 45.3 Å². The fourth-order valence-electron chi connectivity index (χ4n) is 4.63. The van der Waals surface area contributed by atoms with Crippen LogP contribution in [0.15, 0.2) is 60.9 Å². The van der Waals surface area contributed by atoms with Crippen LogP contribution in [0.1, 0.15) is 43.0 Å². The maximum Gasteiger partial charge on any atom is 0.166 e. The Labute approximate surface area is 231 Å². The van der Waals surface area contributed by atoms with Gasteiger partial charge in [0, 0.05) is 42.0 Å². The first-order valence-corrected chi connectivity index (χ1v) is 13.3. The molecule has 4 aromatic rings. The minimum atomic E-state index is -0.505. The van der Waals surface area contributed by atoms with Gasteiger partial charge in [-0.05, 0) is 43.5 Å². The van der Waals surface area contributed by atoms with Gasteiger partial charge >= 0.3 is 0 Å². The monoisotopic (exact) mass is 556 g/mol. The normalized spacial score (nSPS) is 15.6. The lowest BCUT2D eigenvalue weighted by Gasteiger charge is -2.31. The van der Waals surface area contributed by atoms with Crippen LogP contribution < -0.4 is 10.5 Å². The highest BCUT2D eigenvalue weighted by molar-refractivity contribution is 6.44. The quantitative estimate of drug-likeness (QED) is 0.250. The average Bonchev–Trinajstić information content (AvgIpc) is 3.39. The predicted octanol–water partition coefficient (Wildman–Crippen LogP) is 6.86. The maximum atomic E-state index is 6.39. The molecule has 37 heavy (non-hydrogen) atoms. The zero-order valence-corrected chi connectivity index (χ0v) is 22.6. The minimum absolute atomic E-state index is 0.253. The molecule has 0 amide bonds. The number of rotatable bonds is 7. The van der Waals surface area contributed by atoms with Gasteiger partial charge in [0.15, 0.2) is 11.6 Å². The van der Waals surface area contributed by atoms with E-state index in [1.807, 2.05) is 23.9 Å². The van der Waals surface area contributed by atoms with Crippen LogP contribution in [0, 0.1) is 0 Å². The molecular weight excluding hydrogens is 531 g/mol. The topological polar surface area (TPSA) is 82.1 Å². The molecule has 192 valence electrons. The zero-order valence-electron chi connectivity index (χ0n) is 20.3. The summed E-state index contributed by atoms with van der Waals surface area (Å²) in [6.07, 6.45) is 5.16. The van der Waals surface area contributed by atoms with Crippen LogP contribution in [-0.2, 0) is 6.54 Å². The van der Waals surface area contributed by atoms with Crippen molar-refractivity contribution in [3.63, 3.8) is 0 Å². The van der Waals surface area contributed by atoms with Crippen LogP contribution in [0.4, 0.5) is 5.82 Å². The smallest absolute Gasteiger partial charge is 0.166 e. The first-order valence-electron chi connectivity index (χ1n) is 12.1. The molecule has 1 fully saturated rings. The summed E-state index contributed by atoms with van der Waals surface area (Å²) in [5, 5.41) is 10.0. The number of halogens is 3. The molecule has 1 unspecified atom stereocenters. The summed E-state index contributed by atoms with van der Waals surface area (Å²) in [5.41, 5.74) is 9.51. The van der Waals surface area contributed by atoms with Crippen molar-refractivity contribution in [1.29, 1.82) is 0 Å². The van der Waals surface area contributed by atoms with Crippen LogP contribution in [0.2, 0.25) is 15.1 Å². The van der Waals surface area contributed by atoms with Gasteiger partial charge in [-0.1, -0.05) is 70.3 Å². The third kappa shape index (κ3) is 5.85. The number of ether oxygens (including phenoxy) is 1. The summed E-state index contributed by atoms with van der Waals surface area (Å²) in [7, 11) is 0. The molecule has 0 bridgehead atoms. The van der Waals surface area contributed by atoms with Crippen molar-refractivity contribution < 1.29 is 4.74 Å². The Morgan fingerprint density at radius 1 is 1.05 bits per heavy atom. The van der Waals surface area contributed by atoms with E-state index < -0.39 is 6.10 Å². The third-order valence-corrected chi connectivity index (χ3v) is 7.81. The number of piperidine rings is 1. The molecule has 2 aromatic carbocycles. The van der Waals surface area contributed by atoms with Crippen molar-refractivity contribution in [2.24, 2.45) is 0 Å². The molecule has 5 rings (SSSR count). The van der Waals surface area contributed by atoms with Crippen LogP contribution in [0.3, 0.4) is 0 Å². The van der Waals surface area contributed by atoms with Gasteiger partial charge in [-0.3, -0.25) is 4.90 Å². The molecular formula is C27H27Cl3N6O. The van der Waals surface area contributed by atoms with Crippen LogP contribution >= 0.6 is 34.8 Å². The molecule has 0 aliphatic carbocycles. The highest BCUT2D eigenvalue weighted by Crippen LogP contribution is 2.39. The molecule has 1 aliphatic heterocycles. The number of hydrogen-bond acceptors (Lipinski definition) is 6. The largest absolute Gasteiger partial charge is 0.482 e. The second-order valence-corrected chi connectivity index (χ2v) is 10.4. The number of pyridine rings is 1. The summed E-state index contributed by atoms with van der Waals surface area (Å²) >= 11 is 18.9. The zero-order chi connectivity index (χ0) is 25.9. The van der Waals surface area contributed by atoms with Gasteiger partial charge in [0.1, 0.15) is 11.8 Å². The number of likely N-dealkylation sites (tertiary alicyclic amines) is 1. The molecule has 3 heterocycles. The van der Waals surface area contributed by atoms with Crippen molar-refractivity contribution in [3.05, 3.63) is 87.1 Å². The first kappa shape index (κ1) is 25.8. The molecule has 2 N–H and O–H groups in total. The van der Waals surface area contributed by atoms with Gasteiger partial charge in [-0.15, -0.1) is 5.10 Å². The van der Waals surface area contributed by atoms with E-state index in [0.29, 0.717) is 38.1 Å². The van der Waals surface area contributed by atoms with Crippen LogP contribution in [0.25, 0.3) is 11.3 Å². The predicted molar refractivity (Wildman–Crippen MR) is 148 cm³/mol. The summed E-state index contributed by atoms with van der Waals surface area (Å²) in [4.78, 5) is 6.80. The Kier molecular flexibility index (Phi) is 7.86. The van der Waals surface area contributed by atoms with Crippen molar-refractivity contribution in [1.82, 2.24) is 24.9 Å². The lowest BCUT2D eigenvalue weighted by atomic mass is 10.0. The van der Waals surface area contributed by atoms with Crippen LogP contribution in [0.5, 0.6) is 5.75 Å². The van der Waals surface area contributed by atoms with Crippen molar-refractivity contribution in [2.45, 2.75) is 38.5 Å². The number of anilines is 1. The van der Waals surface area contributed by atoms with Gasteiger partial charge in [0.25, 0.3) is 0 Å². The average molecular weight is 558 g/mol. The molecule has 0 spiro atoms. The lowest BCUT2D eigenvalue weighted by molar-refractivity contribution is 0.172. The van der Waals surface area contributed by atoms with Crippen molar-refractivity contribution in [2.75, 3.05) is 18.8 Å². The summed E-state index contributed by atoms with van der Waals surface area (Å²) in [5.74, 6) is 0.656. The number of nitrogens with zero attached hydrogens (tertiary/aromatic N) is 5. The lowest BCUT2D eigenvalue weighted by Crippen LogP contribution is -2.34. The van der Waals surface area contributed by atoms with E-state index in [2.05, 4.69) is 50.5 Å². The Bertz CT molecular complexity index is 1370. The molecule has 7 nitrogen and oxygen atoms in total. The number of hydrogen-bond donors (Lipinski definition) is 1. The Morgan fingerprint density at radius 2 is 1.78 bits per heavy atom. The second-order valence-electron chi connectivity index (χ2n) is 9.20. The van der Waals surface area contributed by atoms with E-state index in [-0.39, 0.29) is 5.82 Å². The standard InChI is InChI=1S/C27H27Cl3N6O/c1-17(25-21(28)7-8-22(29)26(25)30)37-24-13-19(14-32-27(24)31)23-16-36(34-33-23)20-9-11-35(12-10-20)15-18-5-3-2-4-6-18/h2-8,13-14,16-17,20H,9-12,15H2,1H3,(H2,31,32). The molecule has 0 saturated carbocycles. The molecule has 1 aliphatic rings. The molecule has 1 atom stereocenters. The van der Waals surface area contributed by atoms with Crippen LogP contribution in [-0.4, -0.2) is 38.0 Å². The Hall–Kier alpha value is -2.84. The van der Waals surface area contributed by atoms with Gasteiger partial charge < -0.3 is 10.5 Å². The van der Waals surface area contributed by atoms with Crippen molar-refractivity contribution >= 4 is 40.6 Å². The van der Waals surface area contributed by atoms with E-state index in [1.165, 1.54) is 5.56 Å². The second kappa shape index (κ2) is 11.3.